The van der Waals surface area contributed by atoms with E-state index >= 15 is 0 Å². The van der Waals surface area contributed by atoms with Crippen molar-refractivity contribution in [2.24, 2.45) is 0 Å². The molecule has 1 aliphatic rings. The van der Waals surface area contributed by atoms with Gasteiger partial charge in [-0.3, -0.25) is 9.59 Å². The van der Waals surface area contributed by atoms with E-state index in [4.69, 9.17) is 14.6 Å². The third-order valence-electron chi connectivity index (χ3n) is 3.72. The van der Waals surface area contributed by atoms with Crippen molar-refractivity contribution in [3.63, 3.8) is 0 Å². The van der Waals surface area contributed by atoms with Crippen LogP contribution in [0.2, 0.25) is 0 Å². The van der Waals surface area contributed by atoms with E-state index in [1.807, 2.05) is 30.3 Å². The largest absolute Gasteiger partial charge is 0.481 e. The lowest BCUT2D eigenvalue weighted by Crippen LogP contribution is -2.31. The van der Waals surface area contributed by atoms with E-state index in [1.165, 1.54) is 0 Å². The summed E-state index contributed by atoms with van der Waals surface area (Å²) in [6.07, 6.45) is 2.26. The molecule has 2 unspecified atom stereocenters. The van der Waals surface area contributed by atoms with E-state index in [9.17, 15) is 9.59 Å². The van der Waals surface area contributed by atoms with Crippen molar-refractivity contribution in [2.75, 3.05) is 19.8 Å². The Morgan fingerprint density at radius 3 is 2.78 bits per heavy atom. The van der Waals surface area contributed by atoms with Crippen LogP contribution < -0.4 is 5.32 Å². The fraction of sp³-hybridized carbons (Fsp3) is 0.529. The number of hydrogen-bond acceptors (Lipinski definition) is 4. The molecule has 1 heterocycles. The average molecular weight is 321 g/mol. The molecule has 1 saturated heterocycles. The SMILES string of the molecule is O=C(O)CC(NC(=O)CCOCC1CCCO1)c1ccccc1. The first-order chi connectivity index (χ1) is 11.1. The van der Waals surface area contributed by atoms with Crippen LogP contribution in [0.25, 0.3) is 0 Å². The van der Waals surface area contributed by atoms with E-state index in [1.54, 1.807) is 0 Å². The molecule has 1 aromatic rings. The molecule has 2 rings (SSSR count). The van der Waals surface area contributed by atoms with Crippen LogP contribution in [0.15, 0.2) is 30.3 Å². The van der Waals surface area contributed by atoms with E-state index < -0.39 is 12.0 Å². The highest BCUT2D eigenvalue weighted by atomic mass is 16.5. The minimum atomic E-state index is -0.950. The van der Waals surface area contributed by atoms with Crippen molar-refractivity contribution in [3.8, 4) is 0 Å². The minimum absolute atomic E-state index is 0.141. The van der Waals surface area contributed by atoms with Crippen LogP contribution in [-0.2, 0) is 19.1 Å². The summed E-state index contributed by atoms with van der Waals surface area (Å²) in [7, 11) is 0. The highest BCUT2D eigenvalue weighted by Crippen LogP contribution is 2.16. The Morgan fingerprint density at radius 2 is 2.13 bits per heavy atom. The lowest BCUT2D eigenvalue weighted by atomic mass is 10.0. The molecule has 6 nitrogen and oxygen atoms in total. The number of amides is 1. The van der Waals surface area contributed by atoms with Gasteiger partial charge in [0.15, 0.2) is 0 Å². The Hall–Kier alpha value is -1.92. The van der Waals surface area contributed by atoms with Gasteiger partial charge in [0.1, 0.15) is 0 Å². The van der Waals surface area contributed by atoms with Crippen LogP contribution >= 0.6 is 0 Å². The van der Waals surface area contributed by atoms with Crippen LogP contribution in [0.3, 0.4) is 0 Å². The van der Waals surface area contributed by atoms with E-state index in [0.717, 1.165) is 25.0 Å². The molecular formula is C17H23NO5. The van der Waals surface area contributed by atoms with Gasteiger partial charge in [-0.1, -0.05) is 30.3 Å². The fourth-order valence-electron chi connectivity index (χ4n) is 2.53. The Balaban J connectivity index is 1.74. The summed E-state index contributed by atoms with van der Waals surface area (Å²) in [5.74, 6) is -1.17. The number of ether oxygens (including phenoxy) is 2. The monoisotopic (exact) mass is 321 g/mol. The lowest BCUT2D eigenvalue weighted by molar-refractivity contribution is -0.137. The van der Waals surface area contributed by atoms with Gasteiger partial charge >= 0.3 is 5.97 Å². The third-order valence-corrected chi connectivity index (χ3v) is 3.72. The molecule has 0 aliphatic carbocycles. The number of nitrogens with one attached hydrogen (secondary N) is 1. The summed E-state index contributed by atoms with van der Waals surface area (Å²) < 4.78 is 10.9. The second kappa shape index (κ2) is 9.27. The van der Waals surface area contributed by atoms with Crippen molar-refractivity contribution in [1.29, 1.82) is 0 Å². The van der Waals surface area contributed by atoms with E-state index in [0.29, 0.717) is 13.2 Å². The van der Waals surface area contributed by atoms with E-state index in [-0.39, 0.29) is 24.9 Å². The smallest absolute Gasteiger partial charge is 0.305 e. The standard InChI is InChI=1S/C17H23NO5/c19-16(8-10-22-12-14-7-4-9-23-14)18-15(11-17(20)21)13-5-2-1-3-6-13/h1-3,5-6,14-15H,4,7-12H2,(H,18,19)(H,20,21). The first-order valence-electron chi connectivity index (χ1n) is 7.90. The van der Waals surface area contributed by atoms with Crippen LogP contribution in [0.4, 0.5) is 0 Å². The number of rotatable bonds is 9. The van der Waals surface area contributed by atoms with Gasteiger partial charge in [-0.15, -0.1) is 0 Å². The Labute approximate surface area is 135 Å². The van der Waals surface area contributed by atoms with Gasteiger partial charge in [-0.25, -0.2) is 0 Å². The maximum Gasteiger partial charge on any atom is 0.305 e. The quantitative estimate of drug-likeness (QED) is 0.679. The van der Waals surface area contributed by atoms with Crippen LogP contribution in [0.5, 0.6) is 0 Å². The van der Waals surface area contributed by atoms with Gasteiger partial charge in [-0.05, 0) is 18.4 Å². The fourth-order valence-corrected chi connectivity index (χ4v) is 2.53. The molecule has 0 radical (unpaired) electrons. The molecule has 0 spiro atoms. The van der Waals surface area contributed by atoms with Crippen LogP contribution in [0, 0.1) is 0 Å². The van der Waals surface area contributed by atoms with Crippen molar-refractivity contribution >= 4 is 11.9 Å². The normalized spacial score (nSPS) is 18.5. The van der Waals surface area contributed by atoms with Crippen LogP contribution in [0.1, 0.15) is 37.3 Å². The molecule has 23 heavy (non-hydrogen) atoms. The minimum Gasteiger partial charge on any atom is -0.481 e. The topological polar surface area (TPSA) is 84.9 Å². The average Bonchev–Trinajstić information content (AvgIpc) is 3.05. The Bertz CT molecular complexity index is 499. The molecule has 126 valence electrons. The molecule has 1 aromatic carbocycles. The van der Waals surface area contributed by atoms with Gasteiger partial charge in [0, 0.05) is 13.0 Å². The molecule has 6 heteroatoms. The summed E-state index contributed by atoms with van der Waals surface area (Å²) in [6, 6.07) is 8.58. The zero-order valence-corrected chi connectivity index (χ0v) is 13.1. The number of benzene rings is 1. The summed E-state index contributed by atoms with van der Waals surface area (Å²) in [4.78, 5) is 23.0. The van der Waals surface area contributed by atoms with E-state index in [2.05, 4.69) is 5.32 Å². The summed E-state index contributed by atoms with van der Waals surface area (Å²) in [6.45, 7) is 1.59. The number of carboxylic acids is 1. The molecular weight excluding hydrogens is 298 g/mol. The molecule has 0 bridgehead atoms. The van der Waals surface area contributed by atoms with Crippen molar-refractivity contribution in [1.82, 2.24) is 5.32 Å². The molecule has 1 fully saturated rings. The summed E-state index contributed by atoms with van der Waals surface area (Å²) in [5.41, 5.74) is 0.781. The first-order valence-corrected chi connectivity index (χ1v) is 7.90. The van der Waals surface area contributed by atoms with Gasteiger partial charge in [-0.2, -0.15) is 0 Å². The Kier molecular flexibility index (Phi) is 7.03. The zero-order chi connectivity index (χ0) is 16.5. The molecule has 0 aromatic heterocycles. The number of hydrogen-bond donors (Lipinski definition) is 2. The first kappa shape index (κ1) is 17.4. The summed E-state index contributed by atoms with van der Waals surface area (Å²) in [5, 5.41) is 11.8. The predicted molar refractivity (Wildman–Crippen MR) is 84.0 cm³/mol. The van der Waals surface area contributed by atoms with Crippen molar-refractivity contribution < 1.29 is 24.2 Å². The Morgan fingerprint density at radius 1 is 1.35 bits per heavy atom. The molecule has 2 atom stereocenters. The van der Waals surface area contributed by atoms with Crippen LogP contribution in [-0.4, -0.2) is 42.9 Å². The second-order valence-electron chi connectivity index (χ2n) is 5.59. The number of carbonyl (C=O) groups excluding carboxylic acids is 1. The van der Waals surface area contributed by atoms with Crippen molar-refractivity contribution in [2.45, 2.75) is 37.8 Å². The molecule has 1 aliphatic heterocycles. The summed E-state index contributed by atoms with van der Waals surface area (Å²) >= 11 is 0. The number of carbonyl (C=O) groups is 2. The van der Waals surface area contributed by atoms with Gasteiger partial charge in [0.05, 0.1) is 31.8 Å². The van der Waals surface area contributed by atoms with Gasteiger partial charge in [0.25, 0.3) is 0 Å². The van der Waals surface area contributed by atoms with Crippen molar-refractivity contribution in [3.05, 3.63) is 35.9 Å². The number of carboxylic acid groups (broad SMARTS) is 1. The highest BCUT2D eigenvalue weighted by Gasteiger charge is 2.18. The predicted octanol–water partition coefficient (Wildman–Crippen LogP) is 1.90. The molecule has 0 saturated carbocycles. The number of aliphatic carboxylic acids is 1. The third kappa shape index (κ3) is 6.38. The van der Waals surface area contributed by atoms with Gasteiger partial charge in [0.2, 0.25) is 5.91 Å². The zero-order valence-electron chi connectivity index (χ0n) is 13.1. The lowest BCUT2D eigenvalue weighted by Gasteiger charge is -2.17. The maximum atomic E-state index is 12.0. The van der Waals surface area contributed by atoms with Gasteiger partial charge < -0.3 is 19.9 Å². The molecule has 2 N–H and O–H groups in total. The second-order valence-corrected chi connectivity index (χ2v) is 5.59. The molecule has 1 amide bonds. The highest BCUT2D eigenvalue weighted by molar-refractivity contribution is 5.77. The maximum absolute atomic E-state index is 12.0.